The molecule has 5 atom stereocenters. The predicted octanol–water partition coefficient (Wildman–Crippen LogP) is -0.360. The third-order valence-corrected chi connectivity index (χ3v) is 5.08. The van der Waals surface area contributed by atoms with Gasteiger partial charge < -0.3 is 30.3 Å². The molecule has 1 saturated heterocycles. The monoisotopic (exact) mass is 396 g/mol. The highest BCUT2D eigenvalue weighted by atomic mass is 16.7. The van der Waals surface area contributed by atoms with Crippen molar-refractivity contribution in [1.29, 1.82) is 10.5 Å². The normalized spacial score (nSPS) is 29.1. The molecular formula is C21H20N2O6. The van der Waals surface area contributed by atoms with E-state index in [-0.39, 0.29) is 5.56 Å². The van der Waals surface area contributed by atoms with Gasteiger partial charge >= 0.3 is 0 Å². The van der Waals surface area contributed by atoms with E-state index in [0.717, 1.165) is 5.56 Å². The van der Waals surface area contributed by atoms with Crippen molar-refractivity contribution in [2.24, 2.45) is 0 Å². The first-order valence-corrected chi connectivity index (χ1v) is 8.91. The van der Waals surface area contributed by atoms with Crippen LogP contribution in [0, 0.1) is 22.7 Å². The van der Waals surface area contributed by atoms with Gasteiger partial charge in [0.2, 0.25) is 5.79 Å². The molecule has 8 nitrogen and oxygen atoms in total. The van der Waals surface area contributed by atoms with Crippen LogP contribution in [0.3, 0.4) is 0 Å². The van der Waals surface area contributed by atoms with Crippen molar-refractivity contribution >= 4 is 0 Å². The molecule has 0 amide bonds. The molecule has 8 heteroatoms. The lowest BCUT2D eigenvalue weighted by Crippen LogP contribution is -2.63. The maximum atomic E-state index is 10.9. The Labute approximate surface area is 167 Å². The molecule has 0 spiro atoms. The van der Waals surface area contributed by atoms with Crippen LogP contribution in [0.15, 0.2) is 42.5 Å². The Balaban J connectivity index is 1.99. The lowest BCUT2D eigenvalue weighted by molar-refractivity contribution is -0.357. The van der Waals surface area contributed by atoms with Gasteiger partial charge in [-0.3, -0.25) is 0 Å². The van der Waals surface area contributed by atoms with E-state index in [9.17, 15) is 30.8 Å². The second-order valence-electron chi connectivity index (χ2n) is 6.93. The average Bonchev–Trinajstić information content (AvgIpc) is 2.75. The summed E-state index contributed by atoms with van der Waals surface area (Å²) in [5.41, 5.74) is 2.25. The molecule has 1 fully saturated rings. The van der Waals surface area contributed by atoms with Gasteiger partial charge in [0.05, 0.1) is 29.9 Å². The second kappa shape index (κ2) is 8.27. The lowest BCUT2D eigenvalue weighted by Gasteiger charge is -2.45. The quantitative estimate of drug-likeness (QED) is 0.469. The third-order valence-electron chi connectivity index (χ3n) is 5.08. The Morgan fingerprint density at radius 2 is 1.66 bits per heavy atom. The summed E-state index contributed by atoms with van der Waals surface area (Å²) < 4.78 is 5.34. The van der Waals surface area contributed by atoms with Gasteiger partial charge in [-0.05, 0) is 41.8 Å². The topological polar surface area (TPSA) is 158 Å². The summed E-state index contributed by atoms with van der Waals surface area (Å²) in [4.78, 5) is 0. The molecule has 1 aliphatic rings. The van der Waals surface area contributed by atoms with Crippen LogP contribution in [-0.2, 0) is 16.9 Å². The van der Waals surface area contributed by atoms with Gasteiger partial charge in [-0.1, -0.05) is 18.2 Å². The number of hydrogen-bond donors (Lipinski definition) is 5. The van der Waals surface area contributed by atoms with Crippen LogP contribution < -0.4 is 0 Å². The number of nitriles is 2. The van der Waals surface area contributed by atoms with Crippen LogP contribution in [0.5, 0.6) is 0 Å². The van der Waals surface area contributed by atoms with Gasteiger partial charge in [0.1, 0.15) is 24.4 Å². The van der Waals surface area contributed by atoms with Crippen molar-refractivity contribution in [2.45, 2.75) is 36.6 Å². The number of rotatable bonds is 4. The molecule has 0 aromatic heterocycles. The Morgan fingerprint density at radius 1 is 0.966 bits per heavy atom. The largest absolute Gasteiger partial charge is 0.394 e. The van der Waals surface area contributed by atoms with Crippen molar-refractivity contribution < 1.29 is 30.3 Å². The minimum absolute atomic E-state index is 0.0667. The zero-order valence-corrected chi connectivity index (χ0v) is 15.3. The maximum absolute atomic E-state index is 10.9. The first-order chi connectivity index (χ1) is 13.8. The minimum Gasteiger partial charge on any atom is -0.394 e. The second-order valence-corrected chi connectivity index (χ2v) is 6.93. The van der Waals surface area contributed by atoms with E-state index < -0.39 is 36.8 Å². The van der Waals surface area contributed by atoms with E-state index in [4.69, 9.17) is 10.00 Å². The summed E-state index contributed by atoms with van der Waals surface area (Å²) >= 11 is 0. The number of nitrogens with zero attached hydrogens (tertiary/aromatic N) is 2. The van der Waals surface area contributed by atoms with Gasteiger partial charge in [0.15, 0.2) is 0 Å². The molecule has 150 valence electrons. The van der Waals surface area contributed by atoms with E-state index >= 15 is 0 Å². The molecule has 3 rings (SSSR count). The summed E-state index contributed by atoms with van der Waals surface area (Å²) in [5.74, 6) is -2.39. The molecule has 1 aliphatic heterocycles. The Hall–Kier alpha value is -2.82. The number of ether oxygens (including phenoxy) is 1. The van der Waals surface area contributed by atoms with Crippen LogP contribution in [0.4, 0.5) is 0 Å². The van der Waals surface area contributed by atoms with E-state index in [2.05, 4.69) is 6.07 Å². The molecular weight excluding hydrogens is 376 g/mol. The van der Waals surface area contributed by atoms with E-state index in [1.807, 2.05) is 6.07 Å². The standard InChI is InChI=1S/C21H20N2O6/c22-9-13-3-1-12(2-4-13)7-15-8-16(6-5-14(15)10-23)21(28)20(27)19(26)18(25)17(11-24)29-21/h1-6,8,17-20,24-28H,7,11H2/t17-,18-,19+,20-,21?/m1/s1. The molecule has 29 heavy (non-hydrogen) atoms. The van der Waals surface area contributed by atoms with Crippen molar-refractivity contribution in [3.8, 4) is 12.1 Å². The molecule has 0 bridgehead atoms. The summed E-state index contributed by atoms with van der Waals surface area (Å²) in [6, 6.07) is 15.2. The SMILES string of the molecule is N#Cc1ccc(Cc2cc(C3(O)O[C@H](CO)[C@@H](O)[C@H](O)[C@H]3O)ccc2C#N)cc1. The van der Waals surface area contributed by atoms with Crippen LogP contribution in [0.1, 0.15) is 27.8 Å². The van der Waals surface area contributed by atoms with Gasteiger partial charge in [-0.25, -0.2) is 0 Å². The smallest absolute Gasteiger partial charge is 0.222 e. The first kappa shape index (κ1) is 20.9. The minimum atomic E-state index is -2.39. The highest BCUT2D eigenvalue weighted by molar-refractivity contribution is 5.45. The van der Waals surface area contributed by atoms with E-state index in [1.54, 1.807) is 24.3 Å². The summed E-state index contributed by atoms with van der Waals surface area (Å²) in [7, 11) is 0. The Bertz CT molecular complexity index is 963. The summed E-state index contributed by atoms with van der Waals surface area (Å²) in [6.45, 7) is -0.679. The predicted molar refractivity (Wildman–Crippen MR) is 99.0 cm³/mol. The lowest BCUT2D eigenvalue weighted by atomic mass is 9.86. The molecule has 2 aromatic carbocycles. The van der Waals surface area contributed by atoms with E-state index in [0.29, 0.717) is 23.1 Å². The molecule has 1 heterocycles. The molecule has 5 N–H and O–H groups in total. The van der Waals surface area contributed by atoms with Gasteiger partial charge in [0, 0.05) is 5.56 Å². The molecule has 1 unspecified atom stereocenters. The summed E-state index contributed by atoms with van der Waals surface area (Å²) in [5, 5.41) is 68.9. The van der Waals surface area contributed by atoms with E-state index in [1.165, 1.54) is 18.2 Å². The number of aliphatic hydroxyl groups excluding tert-OH is 4. The van der Waals surface area contributed by atoms with Crippen molar-refractivity contribution in [1.82, 2.24) is 0 Å². The van der Waals surface area contributed by atoms with Crippen LogP contribution >= 0.6 is 0 Å². The van der Waals surface area contributed by atoms with Gasteiger partial charge in [-0.15, -0.1) is 0 Å². The fourth-order valence-corrected chi connectivity index (χ4v) is 3.38. The molecule has 0 saturated carbocycles. The maximum Gasteiger partial charge on any atom is 0.222 e. The number of benzene rings is 2. The Morgan fingerprint density at radius 3 is 2.24 bits per heavy atom. The van der Waals surface area contributed by atoms with Crippen molar-refractivity contribution in [3.63, 3.8) is 0 Å². The van der Waals surface area contributed by atoms with Crippen molar-refractivity contribution in [2.75, 3.05) is 6.61 Å². The zero-order valence-electron chi connectivity index (χ0n) is 15.3. The molecule has 2 aromatic rings. The fourth-order valence-electron chi connectivity index (χ4n) is 3.38. The number of aliphatic hydroxyl groups is 5. The van der Waals surface area contributed by atoms with Crippen molar-refractivity contribution in [3.05, 3.63) is 70.3 Å². The first-order valence-electron chi connectivity index (χ1n) is 8.91. The average molecular weight is 396 g/mol. The highest BCUT2D eigenvalue weighted by Crippen LogP contribution is 2.37. The fraction of sp³-hybridized carbons (Fsp3) is 0.333. The van der Waals surface area contributed by atoms with Gasteiger partial charge in [0.25, 0.3) is 0 Å². The zero-order chi connectivity index (χ0) is 21.2. The van der Waals surface area contributed by atoms with Gasteiger partial charge in [-0.2, -0.15) is 10.5 Å². The summed E-state index contributed by atoms with van der Waals surface area (Å²) in [6.07, 6.45) is -6.20. The van der Waals surface area contributed by atoms with Crippen LogP contribution in [0.25, 0.3) is 0 Å². The molecule has 0 aliphatic carbocycles. The van der Waals surface area contributed by atoms with Crippen LogP contribution in [0.2, 0.25) is 0 Å². The highest BCUT2D eigenvalue weighted by Gasteiger charge is 2.53. The molecule has 0 radical (unpaired) electrons. The third kappa shape index (κ3) is 3.86. The Kier molecular flexibility index (Phi) is 5.96. The van der Waals surface area contributed by atoms with Crippen LogP contribution in [-0.4, -0.2) is 56.6 Å². The number of hydrogen-bond acceptors (Lipinski definition) is 8.